The highest BCUT2D eigenvalue weighted by atomic mass is 35.5. The van der Waals surface area contributed by atoms with Crippen LogP contribution < -0.4 is 29.1 Å². The lowest BCUT2D eigenvalue weighted by Gasteiger charge is -2.27. The molecule has 0 aliphatic carbocycles. The SMILES string of the molecule is CCCC1=C(C(=O)OCC)[C@@H](c2cc(Cl)ccc2OC)n2c(s/c(=C/c3cc(OC)ccc3OC)c2=O)=N1. The number of allylic oxidation sites excluding steroid dienone is 1. The van der Waals surface area contributed by atoms with E-state index in [1.54, 1.807) is 63.6 Å². The van der Waals surface area contributed by atoms with Gasteiger partial charge in [-0.2, -0.15) is 0 Å². The van der Waals surface area contributed by atoms with Crippen LogP contribution in [0.5, 0.6) is 17.2 Å². The predicted octanol–water partition coefficient (Wildman–Crippen LogP) is 4.26. The van der Waals surface area contributed by atoms with Crippen LogP contribution >= 0.6 is 22.9 Å². The number of esters is 1. The van der Waals surface area contributed by atoms with E-state index >= 15 is 0 Å². The molecule has 0 spiro atoms. The third kappa shape index (κ3) is 5.21. The molecule has 1 aromatic heterocycles. The maximum Gasteiger partial charge on any atom is 0.338 e. The summed E-state index contributed by atoms with van der Waals surface area (Å²) in [6, 6.07) is 9.64. The summed E-state index contributed by atoms with van der Waals surface area (Å²) in [4.78, 5) is 32.6. The molecule has 10 heteroatoms. The quantitative estimate of drug-likeness (QED) is 0.366. The number of fused-ring (bicyclic) bond motifs is 1. The molecule has 3 aromatic rings. The van der Waals surface area contributed by atoms with Gasteiger partial charge in [-0.15, -0.1) is 0 Å². The van der Waals surface area contributed by atoms with Crippen LogP contribution in [0.4, 0.5) is 0 Å². The Labute approximate surface area is 229 Å². The van der Waals surface area contributed by atoms with Crippen molar-refractivity contribution < 1.29 is 23.7 Å². The molecule has 8 nitrogen and oxygen atoms in total. The highest BCUT2D eigenvalue weighted by molar-refractivity contribution is 7.07. The van der Waals surface area contributed by atoms with Gasteiger partial charge in [0.1, 0.15) is 23.3 Å². The molecule has 0 fully saturated rings. The van der Waals surface area contributed by atoms with Crippen LogP contribution in [0.3, 0.4) is 0 Å². The van der Waals surface area contributed by atoms with Crippen molar-refractivity contribution in [2.45, 2.75) is 32.7 Å². The van der Waals surface area contributed by atoms with Crippen LogP contribution in [0.2, 0.25) is 5.02 Å². The predicted molar refractivity (Wildman–Crippen MR) is 147 cm³/mol. The molecule has 0 N–H and O–H groups in total. The number of benzene rings is 2. The minimum atomic E-state index is -0.838. The Morgan fingerprint density at radius 2 is 1.82 bits per heavy atom. The van der Waals surface area contributed by atoms with Gasteiger partial charge in [-0.05, 0) is 55.8 Å². The van der Waals surface area contributed by atoms with Crippen LogP contribution in [0.1, 0.15) is 43.9 Å². The third-order valence-electron chi connectivity index (χ3n) is 6.10. The molecule has 38 heavy (non-hydrogen) atoms. The fourth-order valence-electron chi connectivity index (χ4n) is 4.43. The molecule has 0 bridgehead atoms. The van der Waals surface area contributed by atoms with Crippen LogP contribution in [-0.4, -0.2) is 38.5 Å². The first-order chi connectivity index (χ1) is 18.4. The molecule has 0 unspecified atom stereocenters. The summed E-state index contributed by atoms with van der Waals surface area (Å²) in [6.07, 6.45) is 3.02. The zero-order chi connectivity index (χ0) is 27.4. The van der Waals surface area contributed by atoms with E-state index < -0.39 is 12.0 Å². The second-order valence-corrected chi connectivity index (χ2v) is 9.85. The number of ether oxygens (including phenoxy) is 4. The van der Waals surface area contributed by atoms with E-state index in [9.17, 15) is 9.59 Å². The second-order valence-electron chi connectivity index (χ2n) is 8.41. The van der Waals surface area contributed by atoms with Crippen molar-refractivity contribution in [3.05, 3.63) is 83.5 Å². The first kappa shape index (κ1) is 27.5. The van der Waals surface area contributed by atoms with Crippen molar-refractivity contribution >= 4 is 35.0 Å². The van der Waals surface area contributed by atoms with Crippen LogP contribution in [0.15, 0.2) is 57.5 Å². The number of hydrogen-bond acceptors (Lipinski definition) is 8. The van der Waals surface area contributed by atoms with Crippen LogP contribution in [-0.2, 0) is 9.53 Å². The number of rotatable bonds is 9. The molecule has 0 saturated carbocycles. The van der Waals surface area contributed by atoms with E-state index in [0.717, 1.165) is 6.42 Å². The maximum atomic E-state index is 14.0. The van der Waals surface area contributed by atoms with Gasteiger partial charge in [0.05, 0.1) is 43.7 Å². The van der Waals surface area contributed by atoms with Crippen molar-refractivity contribution in [2.24, 2.45) is 4.99 Å². The molecule has 0 amide bonds. The smallest absolute Gasteiger partial charge is 0.338 e. The Hall–Kier alpha value is -3.56. The third-order valence-corrected chi connectivity index (χ3v) is 7.32. The van der Waals surface area contributed by atoms with Crippen molar-refractivity contribution in [2.75, 3.05) is 27.9 Å². The van der Waals surface area contributed by atoms with Gasteiger partial charge in [-0.3, -0.25) is 9.36 Å². The summed E-state index contributed by atoms with van der Waals surface area (Å²) < 4.78 is 23.9. The number of halogens is 1. The summed E-state index contributed by atoms with van der Waals surface area (Å²) in [6.45, 7) is 3.93. The summed E-state index contributed by atoms with van der Waals surface area (Å²) in [5.74, 6) is 1.17. The zero-order valence-electron chi connectivity index (χ0n) is 21.9. The Balaban J connectivity index is 2.06. The van der Waals surface area contributed by atoms with Gasteiger partial charge < -0.3 is 18.9 Å². The molecule has 1 atom stereocenters. The Kier molecular flexibility index (Phi) is 8.58. The fraction of sp³-hybridized carbons (Fsp3) is 0.321. The van der Waals surface area contributed by atoms with E-state index in [4.69, 9.17) is 35.5 Å². The Bertz CT molecular complexity index is 1570. The molecular formula is C28H29ClN2O6S. The van der Waals surface area contributed by atoms with E-state index in [-0.39, 0.29) is 12.2 Å². The van der Waals surface area contributed by atoms with E-state index in [1.165, 1.54) is 23.0 Å². The molecular weight excluding hydrogens is 528 g/mol. The number of nitrogens with zero attached hydrogens (tertiary/aromatic N) is 2. The normalized spacial score (nSPS) is 15.1. The van der Waals surface area contributed by atoms with Gasteiger partial charge in [0, 0.05) is 16.1 Å². The van der Waals surface area contributed by atoms with Crippen molar-refractivity contribution in [3.8, 4) is 17.2 Å². The molecule has 4 rings (SSSR count). The standard InChI is InChI=1S/C28H29ClN2O6S/c1-6-8-20-24(27(33)37-7-2)25(19-15-17(29)9-11-22(19)36-5)31-26(32)23(38-28(31)30-20)14-16-13-18(34-3)10-12-21(16)35-4/h9-15,25H,6-8H2,1-5H3/b23-14+/t25-/m1/s1. The maximum absolute atomic E-state index is 14.0. The number of thiazole rings is 1. The minimum absolute atomic E-state index is 0.182. The van der Waals surface area contributed by atoms with Gasteiger partial charge >= 0.3 is 5.97 Å². The number of hydrogen-bond donors (Lipinski definition) is 0. The molecule has 0 saturated heterocycles. The molecule has 1 aliphatic heterocycles. The molecule has 2 aromatic carbocycles. The van der Waals surface area contributed by atoms with Crippen molar-refractivity contribution in [1.29, 1.82) is 0 Å². The molecule has 1 aliphatic rings. The van der Waals surface area contributed by atoms with Gasteiger partial charge in [-0.25, -0.2) is 9.79 Å². The first-order valence-electron chi connectivity index (χ1n) is 12.1. The largest absolute Gasteiger partial charge is 0.497 e. The summed E-state index contributed by atoms with van der Waals surface area (Å²) in [5.41, 5.74) is 1.80. The molecule has 2 heterocycles. The Morgan fingerprint density at radius 3 is 2.47 bits per heavy atom. The van der Waals surface area contributed by atoms with E-state index in [0.29, 0.717) is 60.4 Å². The van der Waals surface area contributed by atoms with Gasteiger partial charge in [0.25, 0.3) is 5.56 Å². The average molecular weight is 557 g/mol. The number of carbonyl (C=O) groups excluding carboxylic acids is 1. The zero-order valence-corrected chi connectivity index (χ0v) is 23.4. The lowest BCUT2D eigenvalue weighted by molar-refractivity contribution is -0.139. The van der Waals surface area contributed by atoms with Crippen molar-refractivity contribution in [3.63, 3.8) is 0 Å². The highest BCUT2D eigenvalue weighted by Gasteiger charge is 2.36. The lowest BCUT2D eigenvalue weighted by Crippen LogP contribution is -2.40. The number of methoxy groups -OCH3 is 3. The molecule has 0 radical (unpaired) electrons. The minimum Gasteiger partial charge on any atom is -0.497 e. The summed E-state index contributed by atoms with van der Waals surface area (Å²) in [5, 5.41) is 0.446. The number of aromatic nitrogens is 1. The molecule has 200 valence electrons. The van der Waals surface area contributed by atoms with E-state index in [2.05, 4.69) is 0 Å². The average Bonchev–Trinajstić information content (AvgIpc) is 3.22. The fourth-order valence-corrected chi connectivity index (χ4v) is 5.62. The topological polar surface area (TPSA) is 88.4 Å². The van der Waals surface area contributed by atoms with Gasteiger partial charge in [0.2, 0.25) is 0 Å². The van der Waals surface area contributed by atoms with Crippen LogP contribution in [0, 0.1) is 0 Å². The Morgan fingerprint density at radius 1 is 1.08 bits per heavy atom. The van der Waals surface area contributed by atoms with Gasteiger partial charge in [-0.1, -0.05) is 36.3 Å². The van der Waals surface area contributed by atoms with Crippen molar-refractivity contribution in [1.82, 2.24) is 4.57 Å². The summed E-state index contributed by atoms with van der Waals surface area (Å²) >= 11 is 7.63. The summed E-state index contributed by atoms with van der Waals surface area (Å²) in [7, 11) is 4.67. The van der Waals surface area contributed by atoms with Crippen LogP contribution in [0.25, 0.3) is 6.08 Å². The first-order valence-corrected chi connectivity index (χ1v) is 13.3. The monoisotopic (exact) mass is 556 g/mol. The second kappa shape index (κ2) is 11.9. The highest BCUT2D eigenvalue weighted by Crippen LogP contribution is 2.38. The van der Waals surface area contributed by atoms with E-state index in [1.807, 2.05) is 6.92 Å². The van der Waals surface area contributed by atoms with Gasteiger partial charge in [0.15, 0.2) is 4.80 Å². The number of carbonyl (C=O) groups is 1. The lowest BCUT2D eigenvalue weighted by atomic mass is 9.93.